The maximum absolute atomic E-state index is 11.8. The van der Waals surface area contributed by atoms with Crippen LogP contribution in [0.2, 0.25) is 0 Å². The summed E-state index contributed by atoms with van der Waals surface area (Å²) in [5.74, 6) is 0.230. The van der Waals surface area contributed by atoms with Crippen LogP contribution in [-0.4, -0.2) is 42.0 Å². The predicted molar refractivity (Wildman–Crippen MR) is 118 cm³/mol. The molecule has 2 N–H and O–H groups in total. The zero-order valence-corrected chi connectivity index (χ0v) is 18.5. The summed E-state index contributed by atoms with van der Waals surface area (Å²) in [6.45, 7) is 8.28. The molecule has 0 saturated heterocycles. The van der Waals surface area contributed by atoms with Gasteiger partial charge in [-0.05, 0) is 63.1 Å². The van der Waals surface area contributed by atoms with Crippen LogP contribution in [0.15, 0.2) is 48.5 Å². The minimum absolute atomic E-state index is 0.311. The largest absolute Gasteiger partial charge is 0.493 e. The Kier molecular flexibility index (Phi) is 8.88. The van der Waals surface area contributed by atoms with Gasteiger partial charge in [-0.1, -0.05) is 24.3 Å². The predicted octanol–water partition coefficient (Wildman–Crippen LogP) is 4.23. The number of ether oxygens (including phenoxy) is 3. The van der Waals surface area contributed by atoms with Crippen molar-refractivity contribution in [3.05, 3.63) is 59.7 Å². The molecular formula is C24H31NO6. The minimum Gasteiger partial charge on any atom is -0.493 e. The molecule has 0 saturated carbocycles. The summed E-state index contributed by atoms with van der Waals surface area (Å²) in [7, 11) is 0. The molecule has 0 fully saturated rings. The Balaban J connectivity index is 1.79. The first-order valence-corrected chi connectivity index (χ1v) is 10.3. The molecule has 2 aromatic rings. The van der Waals surface area contributed by atoms with E-state index in [0.717, 1.165) is 11.1 Å². The van der Waals surface area contributed by atoms with Gasteiger partial charge in [0, 0.05) is 25.0 Å². The monoisotopic (exact) mass is 429 g/mol. The van der Waals surface area contributed by atoms with Gasteiger partial charge in [0.25, 0.3) is 0 Å². The van der Waals surface area contributed by atoms with Crippen LogP contribution in [0.4, 0.5) is 4.79 Å². The highest BCUT2D eigenvalue weighted by atomic mass is 16.6. The first-order chi connectivity index (χ1) is 14.7. The van der Waals surface area contributed by atoms with Crippen molar-refractivity contribution < 1.29 is 28.9 Å². The molecule has 0 radical (unpaired) electrons. The van der Waals surface area contributed by atoms with E-state index in [1.54, 1.807) is 19.1 Å². The molecule has 0 aromatic heterocycles. The van der Waals surface area contributed by atoms with Crippen LogP contribution in [0.1, 0.15) is 38.8 Å². The van der Waals surface area contributed by atoms with E-state index in [1.165, 1.54) is 0 Å². The molecule has 2 rings (SSSR count). The van der Waals surface area contributed by atoms with Crippen molar-refractivity contribution >= 4 is 12.1 Å². The average Bonchev–Trinajstić information content (AvgIpc) is 2.68. The molecule has 0 bridgehead atoms. The Morgan fingerprint density at radius 1 is 0.968 bits per heavy atom. The third kappa shape index (κ3) is 9.09. The van der Waals surface area contributed by atoms with E-state index in [9.17, 15) is 14.7 Å². The second-order valence-corrected chi connectivity index (χ2v) is 8.14. The van der Waals surface area contributed by atoms with Crippen LogP contribution in [0.25, 0.3) is 0 Å². The second-order valence-electron chi connectivity index (χ2n) is 8.14. The van der Waals surface area contributed by atoms with Gasteiger partial charge in [-0.3, -0.25) is 0 Å². The lowest BCUT2D eigenvalue weighted by atomic mass is 10.1. The second kappa shape index (κ2) is 11.4. The SMILES string of the molecule is CCOC(Cc1ccc(OCCc2ccc(OC(=O)NC(C)(C)C)cc2)cc1)C(=O)O. The van der Waals surface area contributed by atoms with Crippen molar-refractivity contribution in [3.8, 4) is 11.5 Å². The van der Waals surface area contributed by atoms with Crippen LogP contribution in [0.5, 0.6) is 11.5 Å². The normalized spacial score (nSPS) is 12.1. The molecule has 0 heterocycles. The van der Waals surface area contributed by atoms with Crippen molar-refractivity contribution in [1.82, 2.24) is 5.32 Å². The first-order valence-electron chi connectivity index (χ1n) is 10.3. The van der Waals surface area contributed by atoms with Gasteiger partial charge in [-0.25, -0.2) is 9.59 Å². The molecule has 0 aliphatic carbocycles. The maximum Gasteiger partial charge on any atom is 0.413 e. The fourth-order valence-electron chi connectivity index (χ4n) is 2.80. The van der Waals surface area contributed by atoms with Gasteiger partial charge in [0.05, 0.1) is 6.61 Å². The number of aliphatic carboxylic acids is 1. The highest BCUT2D eigenvalue weighted by molar-refractivity contribution is 5.72. The number of rotatable bonds is 10. The maximum atomic E-state index is 11.8. The molecule has 1 unspecified atom stereocenters. The van der Waals surface area contributed by atoms with Gasteiger partial charge >= 0.3 is 12.1 Å². The summed E-state index contributed by atoms with van der Waals surface area (Å²) in [6.07, 6.45) is -0.320. The lowest BCUT2D eigenvalue weighted by Crippen LogP contribution is -2.42. The molecular weight excluding hydrogens is 398 g/mol. The van der Waals surface area contributed by atoms with Gasteiger partial charge in [-0.15, -0.1) is 0 Å². The summed E-state index contributed by atoms with van der Waals surface area (Å²) in [5, 5.41) is 11.9. The molecule has 2 aromatic carbocycles. The fraction of sp³-hybridized carbons (Fsp3) is 0.417. The quantitative estimate of drug-likeness (QED) is 0.587. The van der Waals surface area contributed by atoms with Crippen molar-refractivity contribution in [3.63, 3.8) is 0 Å². The number of carboxylic acids is 1. The highest BCUT2D eigenvalue weighted by Gasteiger charge is 2.18. The lowest BCUT2D eigenvalue weighted by molar-refractivity contribution is -0.149. The first kappa shape index (κ1) is 24.2. The van der Waals surface area contributed by atoms with E-state index in [1.807, 2.05) is 57.2 Å². The van der Waals surface area contributed by atoms with Gasteiger partial charge in [0.15, 0.2) is 6.10 Å². The molecule has 7 heteroatoms. The van der Waals surface area contributed by atoms with Crippen molar-refractivity contribution in [2.75, 3.05) is 13.2 Å². The van der Waals surface area contributed by atoms with Gasteiger partial charge < -0.3 is 24.6 Å². The van der Waals surface area contributed by atoms with Crippen molar-refractivity contribution in [2.24, 2.45) is 0 Å². The molecule has 1 atom stereocenters. The number of hydrogen-bond donors (Lipinski definition) is 2. The van der Waals surface area contributed by atoms with E-state index in [0.29, 0.717) is 37.6 Å². The number of carbonyl (C=O) groups is 2. The molecule has 31 heavy (non-hydrogen) atoms. The number of carboxylic acid groups (broad SMARTS) is 1. The summed E-state index contributed by atoms with van der Waals surface area (Å²) in [4.78, 5) is 23.0. The van der Waals surface area contributed by atoms with Crippen LogP contribution < -0.4 is 14.8 Å². The smallest absolute Gasteiger partial charge is 0.413 e. The summed E-state index contributed by atoms with van der Waals surface area (Å²) >= 11 is 0. The van der Waals surface area contributed by atoms with Crippen LogP contribution >= 0.6 is 0 Å². The number of amides is 1. The van der Waals surface area contributed by atoms with E-state index < -0.39 is 18.2 Å². The van der Waals surface area contributed by atoms with E-state index in [4.69, 9.17) is 14.2 Å². The summed E-state index contributed by atoms with van der Waals surface area (Å²) < 4.78 is 16.3. The number of hydrogen-bond acceptors (Lipinski definition) is 5. The minimum atomic E-state index is -0.964. The zero-order valence-electron chi connectivity index (χ0n) is 18.5. The standard InChI is InChI=1S/C24H31NO6/c1-5-29-21(22(26)27)16-18-8-10-19(11-9-18)30-15-14-17-6-12-20(13-7-17)31-23(28)25-24(2,3)4/h6-13,21H,5,14-16H2,1-4H3,(H,25,28)(H,26,27). The Morgan fingerprint density at radius 2 is 1.55 bits per heavy atom. The fourth-order valence-corrected chi connectivity index (χ4v) is 2.80. The summed E-state index contributed by atoms with van der Waals surface area (Å²) in [5.41, 5.74) is 1.58. The Hall–Kier alpha value is -3.06. The highest BCUT2D eigenvalue weighted by Crippen LogP contribution is 2.17. The van der Waals surface area contributed by atoms with Crippen molar-refractivity contribution in [2.45, 2.75) is 52.2 Å². The van der Waals surface area contributed by atoms with E-state index in [2.05, 4.69) is 5.32 Å². The number of carbonyl (C=O) groups excluding carboxylic acids is 1. The van der Waals surface area contributed by atoms with Gasteiger partial charge in [0.1, 0.15) is 11.5 Å². The summed E-state index contributed by atoms with van der Waals surface area (Å²) in [6, 6.07) is 14.6. The number of benzene rings is 2. The van der Waals surface area contributed by atoms with Crippen LogP contribution in [0.3, 0.4) is 0 Å². The molecule has 168 valence electrons. The van der Waals surface area contributed by atoms with E-state index in [-0.39, 0.29) is 5.54 Å². The Labute approximate surface area is 183 Å². The number of nitrogens with one attached hydrogen (secondary N) is 1. The topological polar surface area (TPSA) is 94.1 Å². The van der Waals surface area contributed by atoms with Crippen molar-refractivity contribution in [1.29, 1.82) is 0 Å². The third-order valence-electron chi connectivity index (χ3n) is 4.26. The molecule has 0 aliphatic heterocycles. The third-order valence-corrected chi connectivity index (χ3v) is 4.26. The van der Waals surface area contributed by atoms with Crippen LogP contribution in [0, 0.1) is 0 Å². The van der Waals surface area contributed by atoms with Gasteiger partial charge in [0.2, 0.25) is 0 Å². The van der Waals surface area contributed by atoms with Crippen LogP contribution in [-0.2, 0) is 22.4 Å². The Morgan fingerprint density at radius 3 is 2.10 bits per heavy atom. The Bertz CT molecular complexity index is 840. The molecule has 0 aliphatic rings. The van der Waals surface area contributed by atoms with Gasteiger partial charge in [-0.2, -0.15) is 0 Å². The average molecular weight is 430 g/mol. The molecule has 7 nitrogen and oxygen atoms in total. The lowest BCUT2D eigenvalue weighted by Gasteiger charge is -2.19. The van der Waals surface area contributed by atoms with E-state index >= 15 is 0 Å². The molecule has 0 spiro atoms. The zero-order chi connectivity index (χ0) is 22.9. The molecule has 1 amide bonds.